The maximum absolute atomic E-state index is 14.6. The molecule has 0 saturated carbocycles. The van der Waals surface area contributed by atoms with E-state index in [-0.39, 0.29) is 35.6 Å². The Hall–Kier alpha value is -5.58. The van der Waals surface area contributed by atoms with Crippen molar-refractivity contribution in [3.63, 3.8) is 0 Å². The Kier molecular flexibility index (Phi) is 13.5. The van der Waals surface area contributed by atoms with Crippen LogP contribution >= 0.6 is 0 Å². The summed E-state index contributed by atoms with van der Waals surface area (Å²) in [5, 5.41) is 38.8. The Morgan fingerprint density at radius 2 is 1.38 bits per heavy atom. The van der Waals surface area contributed by atoms with E-state index in [1.165, 1.54) is 4.90 Å². The predicted octanol–water partition coefficient (Wildman–Crippen LogP) is 9.15. The fraction of sp³-hybridized carbons (Fsp3) is 0.308. The summed E-state index contributed by atoms with van der Waals surface area (Å²) in [4.78, 5) is 30.4. The standard InChI is InChI=1S/C52H58N2O6Si/c1-5-15-36(32-37-22-29-42(56)30-23-37)24-31-47(57)48-38(35-60-61(52(2,3)4,43-18-11-7-12-19-43)44-20-13-8-14-21-44)33-45-49(46(48)34-55)51(59)54(50(45)58)41-27-25-40(26-28-41)53-39-16-9-6-10-17-39/h6-14,16-23,25-30,32,45-47,49,53,55-57H,5,15,24,31,33-35H2,1-4H3/b36-32+/t45-,46+,47-,49-/m1/s1. The van der Waals surface area contributed by atoms with E-state index in [4.69, 9.17) is 4.43 Å². The minimum absolute atomic E-state index is 0.131. The SMILES string of the molecule is CCC/C(=C\c1ccc(O)cc1)CC[C@@H](O)C1=C(CO[Si](c2ccccc2)(c2ccccc2)C(C)(C)C)C[C@H]2C(=O)N(c3ccc(Nc4ccccc4)cc3)C(=O)[C@H]2[C@H]1CO. The van der Waals surface area contributed by atoms with Gasteiger partial charge in [0.05, 0.1) is 36.8 Å². The maximum Gasteiger partial charge on any atom is 0.261 e. The second kappa shape index (κ2) is 19.0. The summed E-state index contributed by atoms with van der Waals surface area (Å²) in [5.74, 6) is -2.84. The average Bonchev–Trinajstić information content (AvgIpc) is 3.52. The van der Waals surface area contributed by atoms with Crippen molar-refractivity contribution in [3.05, 3.63) is 162 Å². The van der Waals surface area contributed by atoms with Gasteiger partial charge < -0.3 is 25.1 Å². The van der Waals surface area contributed by atoms with Crippen molar-refractivity contribution in [3.8, 4) is 5.75 Å². The first-order valence-corrected chi connectivity index (χ1v) is 23.4. The third-order valence-electron chi connectivity index (χ3n) is 12.4. The smallest absolute Gasteiger partial charge is 0.261 e. The number of rotatable bonds is 16. The molecule has 61 heavy (non-hydrogen) atoms. The molecule has 1 aliphatic heterocycles. The number of allylic oxidation sites excluding steroid dienone is 1. The quantitative estimate of drug-likeness (QED) is 0.0445. The number of benzene rings is 5. The number of hydrogen-bond donors (Lipinski definition) is 4. The zero-order valence-corrected chi connectivity index (χ0v) is 36.6. The fourth-order valence-corrected chi connectivity index (χ4v) is 14.1. The highest BCUT2D eigenvalue weighted by Gasteiger charge is 2.56. The van der Waals surface area contributed by atoms with Gasteiger partial charge in [0.2, 0.25) is 11.8 Å². The van der Waals surface area contributed by atoms with Crippen LogP contribution in [0.3, 0.4) is 0 Å². The lowest BCUT2D eigenvalue weighted by Gasteiger charge is -2.44. The summed E-state index contributed by atoms with van der Waals surface area (Å²) >= 11 is 0. The van der Waals surface area contributed by atoms with Crippen LogP contribution in [0.2, 0.25) is 5.04 Å². The molecule has 4 atom stereocenters. The third kappa shape index (κ3) is 9.21. The molecule has 5 aromatic carbocycles. The molecular formula is C52H58N2O6Si. The van der Waals surface area contributed by atoms with Gasteiger partial charge in [-0.1, -0.05) is 137 Å². The summed E-state index contributed by atoms with van der Waals surface area (Å²) in [6.45, 7) is 8.48. The number of fused-ring (bicyclic) bond motifs is 1. The van der Waals surface area contributed by atoms with E-state index in [1.807, 2.05) is 91.0 Å². The average molecular weight is 835 g/mol. The van der Waals surface area contributed by atoms with Gasteiger partial charge in [-0.25, -0.2) is 0 Å². The first-order chi connectivity index (χ1) is 29.4. The van der Waals surface area contributed by atoms with Crippen molar-refractivity contribution in [2.24, 2.45) is 17.8 Å². The van der Waals surface area contributed by atoms with Crippen molar-refractivity contribution >= 4 is 53.6 Å². The molecule has 1 heterocycles. The molecule has 316 valence electrons. The number of nitrogens with one attached hydrogen (secondary N) is 1. The van der Waals surface area contributed by atoms with Crippen LogP contribution in [0.25, 0.3) is 6.08 Å². The van der Waals surface area contributed by atoms with Gasteiger partial charge in [-0.2, -0.15) is 0 Å². The Balaban J connectivity index is 1.26. The van der Waals surface area contributed by atoms with Crippen LogP contribution < -0.4 is 20.6 Å². The minimum Gasteiger partial charge on any atom is -0.508 e. The zero-order chi connectivity index (χ0) is 43.1. The molecule has 5 aromatic rings. The van der Waals surface area contributed by atoms with E-state index in [0.29, 0.717) is 24.1 Å². The number of carbonyl (C=O) groups is 2. The number of phenolic OH excluding ortho intramolecular Hbond substituents is 1. The monoisotopic (exact) mass is 834 g/mol. The normalized spacial score (nSPS) is 19.0. The Labute approximate surface area is 361 Å². The van der Waals surface area contributed by atoms with Gasteiger partial charge in [0.1, 0.15) is 5.75 Å². The molecule has 0 bridgehead atoms. The summed E-state index contributed by atoms with van der Waals surface area (Å²) in [6.07, 6.45) is 4.01. The van der Waals surface area contributed by atoms with Crippen LogP contribution in [0.4, 0.5) is 17.1 Å². The molecule has 0 spiro atoms. The highest BCUT2D eigenvalue weighted by molar-refractivity contribution is 6.99. The Bertz CT molecular complexity index is 2280. The highest BCUT2D eigenvalue weighted by Crippen LogP contribution is 2.48. The van der Waals surface area contributed by atoms with E-state index in [1.54, 1.807) is 24.3 Å². The van der Waals surface area contributed by atoms with E-state index in [2.05, 4.69) is 63.4 Å². The highest BCUT2D eigenvalue weighted by atomic mass is 28.4. The van der Waals surface area contributed by atoms with Gasteiger partial charge in [0, 0.05) is 17.3 Å². The van der Waals surface area contributed by atoms with Gasteiger partial charge in [-0.05, 0) is 106 Å². The molecule has 9 heteroatoms. The molecule has 8 nitrogen and oxygen atoms in total. The lowest BCUT2D eigenvalue weighted by atomic mass is 9.68. The molecule has 2 aliphatic rings. The number of amides is 2. The number of hydrogen-bond acceptors (Lipinski definition) is 7. The molecule has 1 fully saturated rings. The van der Waals surface area contributed by atoms with Gasteiger partial charge in [0.25, 0.3) is 8.32 Å². The second-order valence-electron chi connectivity index (χ2n) is 17.4. The number of aliphatic hydroxyl groups excluding tert-OH is 2. The molecule has 1 aliphatic carbocycles. The Morgan fingerprint density at radius 1 is 0.803 bits per heavy atom. The molecular weight excluding hydrogens is 777 g/mol. The third-order valence-corrected chi connectivity index (χ3v) is 17.4. The summed E-state index contributed by atoms with van der Waals surface area (Å²) in [6, 6.07) is 44.8. The summed E-state index contributed by atoms with van der Waals surface area (Å²) < 4.78 is 7.46. The zero-order valence-electron chi connectivity index (χ0n) is 35.6. The van der Waals surface area contributed by atoms with E-state index in [0.717, 1.165) is 51.3 Å². The van der Waals surface area contributed by atoms with Gasteiger partial charge in [0.15, 0.2) is 0 Å². The van der Waals surface area contributed by atoms with Crippen LogP contribution in [0.15, 0.2) is 156 Å². The van der Waals surface area contributed by atoms with Crippen LogP contribution in [-0.2, 0) is 14.0 Å². The second-order valence-corrected chi connectivity index (χ2v) is 21.7. The number of phenols is 1. The van der Waals surface area contributed by atoms with Crippen LogP contribution in [0, 0.1) is 17.8 Å². The number of para-hydroxylation sites is 1. The van der Waals surface area contributed by atoms with Crippen LogP contribution in [0.1, 0.15) is 65.4 Å². The number of carbonyl (C=O) groups excluding carboxylic acids is 2. The Morgan fingerprint density at radius 3 is 1.93 bits per heavy atom. The first-order valence-electron chi connectivity index (χ1n) is 21.5. The predicted molar refractivity (Wildman–Crippen MR) is 248 cm³/mol. The summed E-state index contributed by atoms with van der Waals surface area (Å²) in [5.41, 5.74) is 5.69. The molecule has 1 saturated heterocycles. The van der Waals surface area contributed by atoms with Crippen LogP contribution in [-0.4, -0.2) is 54.8 Å². The minimum atomic E-state index is -3.06. The van der Waals surface area contributed by atoms with Gasteiger partial charge >= 0.3 is 0 Å². The number of imide groups is 1. The number of nitrogens with zero attached hydrogens (tertiary/aromatic N) is 1. The lowest BCUT2D eigenvalue weighted by molar-refractivity contribution is -0.123. The molecule has 4 N–H and O–H groups in total. The van der Waals surface area contributed by atoms with Crippen molar-refractivity contribution in [1.29, 1.82) is 0 Å². The van der Waals surface area contributed by atoms with E-state index < -0.39 is 38.8 Å². The van der Waals surface area contributed by atoms with E-state index in [9.17, 15) is 24.9 Å². The van der Waals surface area contributed by atoms with Crippen molar-refractivity contribution in [2.75, 3.05) is 23.4 Å². The number of aliphatic hydroxyl groups is 2. The molecule has 0 unspecified atom stereocenters. The number of aromatic hydroxyl groups is 1. The van der Waals surface area contributed by atoms with Crippen molar-refractivity contribution in [2.45, 2.75) is 70.9 Å². The molecule has 0 aromatic heterocycles. The lowest BCUT2D eigenvalue weighted by Crippen LogP contribution is -2.66. The molecule has 2 amide bonds. The molecule has 0 radical (unpaired) electrons. The topological polar surface area (TPSA) is 119 Å². The number of anilines is 3. The summed E-state index contributed by atoms with van der Waals surface area (Å²) in [7, 11) is -3.06. The molecule has 7 rings (SSSR count). The van der Waals surface area contributed by atoms with Crippen molar-refractivity contribution < 1.29 is 29.3 Å². The first kappa shape index (κ1) is 43.5. The van der Waals surface area contributed by atoms with Gasteiger partial charge in [-0.3, -0.25) is 14.5 Å². The maximum atomic E-state index is 14.6. The van der Waals surface area contributed by atoms with Crippen molar-refractivity contribution in [1.82, 2.24) is 0 Å². The fourth-order valence-electron chi connectivity index (χ4n) is 9.56. The van der Waals surface area contributed by atoms with Crippen LogP contribution in [0.5, 0.6) is 5.75 Å². The van der Waals surface area contributed by atoms with Gasteiger partial charge in [-0.15, -0.1) is 0 Å². The van der Waals surface area contributed by atoms with E-state index >= 15 is 0 Å². The largest absolute Gasteiger partial charge is 0.508 e.